The van der Waals surface area contributed by atoms with E-state index in [1.807, 2.05) is 18.2 Å². The Morgan fingerprint density at radius 2 is 1.83 bits per heavy atom. The van der Waals surface area contributed by atoms with E-state index in [1.54, 1.807) is 25.1 Å². The van der Waals surface area contributed by atoms with E-state index in [-0.39, 0.29) is 24.7 Å². The summed E-state index contributed by atoms with van der Waals surface area (Å²) < 4.78 is 0. The molecule has 4 amide bonds. The van der Waals surface area contributed by atoms with Gasteiger partial charge in [0, 0.05) is 11.3 Å². The number of amides is 4. The molecule has 7 nitrogen and oxygen atoms in total. The number of ketones is 1. The van der Waals surface area contributed by atoms with Gasteiger partial charge in [-0.3, -0.25) is 19.3 Å². The summed E-state index contributed by atoms with van der Waals surface area (Å²) in [7, 11) is 0. The highest BCUT2D eigenvalue weighted by Crippen LogP contribution is 2.33. The lowest BCUT2D eigenvalue weighted by molar-refractivity contribution is -0.130. The van der Waals surface area contributed by atoms with Crippen molar-refractivity contribution >= 4 is 29.3 Å². The minimum Gasteiger partial charge on any atom is -0.326 e. The molecule has 30 heavy (non-hydrogen) atoms. The second-order valence-electron chi connectivity index (χ2n) is 8.30. The highest BCUT2D eigenvalue weighted by atomic mass is 16.2. The largest absolute Gasteiger partial charge is 0.326 e. The fraction of sp³-hybridized carbons (Fsp3) is 0.304. The Balaban J connectivity index is 1.38. The number of nitrogens with zero attached hydrogens (tertiary/aromatic N) is 1. The van der Waals surface area contributed by atoms with Crippen LogP contribution in [-0.2, 0) is 34.4 Å². The molecule has 0 radical (unpaired) electrons. The number of imide groups is 1. The van der Waals surface area contributed by atoms with Gasteiger partial charge in [0.05, 0.1) is 13.0 Å². The Labute approximate surface area is 173 Å². The number of aryl methyl sites for hydroxylation is 2. The van der Waals surface area contributed by atoms with Crippen molar-refractivity contribution in [2.75, 3.05) is 11.9 Å². The number of Topliss-reactive ketones (excluding diaryl/α,β-unsaturated/α-hetero) is 1. The summed E-state index contributed by atoms with van der Waals surface area (Å²) in [5.41, 5.74) is 3.85. The number of rotatable bonds is 4. The van der Waals surface area contributed by atoms with Gasteiger partial charge in [-0.1, -0.05) is 18.2 Å². The van der Waals surface area contributed by atoms with E-state index >= 15 is 0 Å². The van der Waals surface area contributed by atoms with Crippen LogP contribution in [0, 0.1) is 0 Å². The molecule has 0 unspecified atom stereocenters. The van der Waals surface area contributed by atoms with Crippen LogP contribution in [0.4, 0.5) is 10.5 Å². The zero-order chi connectivity index (χ0) is 21.0. The van der Waals surface area contributed by atoms with Crippen molar-refractivity contribution in [2.24, 2.45) is 0 Å². The number of urea groups is 1. The predicted octanol–water partition coefficient (Wildman–Crippen LogP) is 2.32. The minimum absolute atomic E-state index is 0.117. The lowest BCUT2D eigenvalue weighted by Crippen LogP contribution is -2.41. The summed E-state index contributed by atoms with van der Waals surface area (Å²) >= 11 is 0. The van der Waals surface area contributed by atoms with Gasteiger partial charge in [-0.15, -0.1) is 0 Å². The molecule has 3 aliphatic rings. The van der Waals surface area contributed by atoms with Crippen molar-refractivity contribution < 1.29 is 19.2 Å². The maximum Gasteiger partial charge on any atom is 0.325 e. The van der Waals surface area contributed by atoms with Crippen LogP contribution >= 0.6 is 0 Å². The number of carbonyl (C=O) groups excluding carboxylic acids is 4. The summed E-state index contributed by atoms with van der Waals surface area (Å²) in [6.07, 6.45) is 3.32. The molecular formula is C23H21N3O4. The Morgan fingerprint density at radius 1 is 1.03 bits per heavy atom. The van der Waals surface area contributed by atoms with E-state index in [4.69, 9.17) is 0 Å². The Morgan fingerprint density at radius 3 is 2.67 bits per heavy atom. The highest BCUT2D eigenvalue weighted by Gasteiger charge is 2.49. The minimum atomic E-state index is -1.19. The first-order valence-electron chi connectivity index (χ1n) is 10.1. The van der Waals surface area contributed by atoms with Crippen LogP contribution < -0.4 is 10.6 Å². The molecule has 2 aromatic carbocycles. The summed E-state index contributed by atoms with van der Waals surface area (Å²) in [5, 5.41) is 5.49. The number of hydrogen-bond donors (Lipinski definition) is 2. The normalized spacial score (nSPS) is 22.0. The van der Waals surface area contributed by atoms with Gasteiger partial charge in [0.2, 0.25) is 5.91 Å². The third kappa shape index (κ3) is 2.81. The summed E-state index contributed by atoms with van der Waals surface area (Å²) in [5.74, 6) is -0.899. The highest BCUT2D eigenvalue weighted by molar-refractivity contribution is 6.11. The van der Waals surface area contributed by atoms with Gasteiger partial charge in [0.1, 0.15) is 5.54 Å². The second-order valence-corrected chi connectivity index (χ2v) is 8.30. The van der Waals surface area contributed by atoms with Crippen molar-refractivity contribution in [3.63, 3.8) is 0 Å². The van der Waals surface area contributed by atoms with Gasteiger partial charge in [-0.25, -0.2) is 4.79 Å². The SMILES string of the molecule is C[C@]1(c2ccc3c(c2)CCC3)NC(=O)N(CC(=O)c2ccc3c(c2)CC(=O)N3)C1=O. The molecule has 0 saturated carbocycles. The van der Waals surface area contributed by atoms with Crippen molar-refractivity contribution in [1.82, 2.24) is 10.2 Å². The standard InChI is InChI=1S/C23H21N3O4/c1-23(17-7-5-13-3-2-4-14(13)10-17)21(29)26(22(30)25-23)12-19(27)15-6-8-18-16(9-15)11-20(28)24-18/h5-10H,2-4,11-12H2,1H3,(H,24,28)(H,25,30)/t23-/m1/s1. The van der Waals surface area contributed by atoms with Crippen molar-refractivity contribution in [2.45, 2.75) is 38.1 Å². The molecule has 5 rings (SSSR count). The number of fused-ring (bicyclic) bond motifs is 2. The lowest BCUT2D eigenvalue weighted by atomic mass is 9.89. The van der Waals surface area contributed by atoms with E-state index in [0.29, 0.717) is 11.3 Å². The van der Waals surface area contributed by atoms with Crippen LogP contribution in [0.25, 0.3) is 0 Å². The molecular weight excluding hydrogens is 382 g/mol. The number of nitrogens with one attached hydrogen (secondary N) is 2. The predicted molar refractivity (Wildman–Crippen MR) is 109 cm³/mol. The first-order valence-corrected chi connectivity index (χ1v) is 10.1. The topological polar surface area (TPSA) is 95.6 Å². The molecule has 7 heteroatoms. The fourth-order valence-corrected chi connectivity index (χ4v) is 4.56. The Kier molecular flexibility index (Phi) is 4.03. The van der Waals surface area contributed by atoms with E-state index in [1.165, 1.54) is 11.1 Å². The van der Waals surface area contributed by atoms with E-state index in [0.717, 1.165) is 35.3 Å². The van der Waals surface area contributed by atoms with Gasteiger partial charge in [-0.2, -0.15) is 0 Å². The molecule has 1 fully saturated rings. The van der Waals surface area contributed by atoms with Crippen molar-refractivity contribution in [1.29, 1.82) is 0 Å². The van der Waals surface area contributed by atoms with E-state index in [9.17, 15) is 19.2 Å². The average molecular weight is 403 g/mol. The monoisotopic (exact) mass is 403 g/mol. The first-order chi connectivity index (χ1) is 14.3. The maximum absolute atomic E-state index is 13.2. The smallest absolute Gasteiger partial charge is 0.325 e. The first kappa shape index (κ1) is 18.5. The molecule has 0 spiro atoms. The van der Waals surface area contributed by atoms with Crippen molar-refractivity contribution in [3.8, 4) is 0 Å². The van der Waals surface area contributed by atoms with Crippen LogP contribution in [0.3, 0.4) is 0 Å². The molecule has 1 saturated heterocycles. The van der Waals surface area contributed by atoms with Gasteiger partial charge >= 0.3 is 6.03 Å². The lowest BCUT2D eigenvalue weighted by Gasteiger charge is -2.23. The zero-order valence-electron chi connectivity index (χ0n) is 16.6. The summed E-state index contributed by atoms with van der Waals surface area (Å²) in [4.78, 5) is 51.1. The van der Waals surface area contributed by atoms with Gasteiger partial charge < -0.3 is 10.6 Å². The number of hydrogen-bond acceptors (Lipinski definition) is 4. The number of benzene rings is 2. The quantitative estimate of drug-likeness (QED) is 0.605. The summed E-state index contributed by atoms with van der Waals surface area (Å²) in [6.45, 7) is 1.34. The molecule has 152 valence electrons. The van der Waals surface area contributed by atoms with E-state index < -0.39 is 17.5 Å². The van der Waals surface area contributed by atoms with Gasteiger partial charge in [0.15, 0.2) is 5.78 Å². The maximum atomic E-state index is 13.2. The molecule has 2 N–H and O–H groups in total. The Bertz CT molecular complexity index is 1140. The molecule has 2 aromatic rings. The molecule has 0 aromatic heterocycles. The van der Waals surface area contributed by atoms with Crippen molar-refractivity contribution in [3.05, 3.63) is 64.2 Å². The molecule has 0 bridgehead atoms. The third-order valence-corrected chi connectivity index (χ3v) is 6.30. The van der Waals surface area contributed by atoms with Crippen LogP contribution in [-0.4, -0.2) is 35.1 Å². The van der Waals surface area contributed by atoms with Gasteiger partial charge in [0.25, 0.3) is 5.91 Å². The fourth-order valence-electron chi connectivity index (χ4n) is 4.56. The second kappa shape index (κ2) is 6.52. The summed E-state index contributed by atoms with van der Waals surface area (Å²) in [6, 6.07) is 10.3. The number of carbonyl (C=O) groups is 4. The van der Waals surface area contributed by atoms with Gasteiger partial charge in [-0.05, 0) is 66.6 Å². The van der Waals surface area contributed by atoms with Crippen LogP contribution in [0.15, 0.2) is 36.4 Å². The van der Waals surface area contributed by atoms with E-state index in [2.05, 4.69) is 10.6 Å². The molecule has 1 atom stereocenters. The Hall–Kier alpha value is -3.48. The van der Waals surface area contributed by atoms with Crippen LogP contribution in [0.5, 0.6) is 0 Å². The third-order valence-electron chi connectivity index (χ3n) is 6.30. The zero-order valence-corrected chi connectivity index (χ0v) is 16.6. The molecule has 2 aliphatic heterocycles. The molecule has 1 aliphatic carbocycles. The number of anilines is 1. The molecule has 2 heterocycles. The average Bonchev–Trinajstić information content (AvgIpc) is 3.39. The van der Waals surface area contributed by atoms with Crippen LogP contribution in [0.1, 0.15) is 46.0 Å². The van der Waals surface area contributed by atoms with Crippen LogP contribution in [0.2, 0.25) is 0 Å².